The summed E-state index contributed by atoms with van der Waals surface area (Å²) in [6, 6.07) is 11.7. The molecule has 0 saturated heterocycles. The van der Waals surface area contributed by atoms with Crippen LogP contribution in [-0.2, 0) is 5.92 Å². The number of alkyl halides is 2. The van der Waals surface area contributed by atoms with Crippen LogP contribution in [0, 0.1) is 0 Å². The van der Waals surface area contributed by atoms with Crippen LogP contribution in [0.5, 0.6) is 0 Å². The van der Waals surface area contributed by atoms with Crippen molar-refractivity contribution in [3.8, 4) is 16.8 Å². The quantitative estimate of drug-likeness (QED) is 0.505. The lowest BCUT2D eigenvalue weighted by Crippen LogP contribution is -2.40. The van der Waals surface area contributed by atoms with Gasteiger partial charge in [0.1, 0.15) is 12.2 Å². The van der Waals surface area contributed by atoms with E-state index in [1.807, 2.05) is 45.3 Å². The molecule has 0 radical (unpaired) electrons. The molecule has 170 valence electrons. The van der Waals surface area contributed by atoms with E-state index < -0.39 is 11.5 Å². The normalized spacial score (nSPS) is 12.3. The maximum Gasteiger partial charge on any atom is 0.273 e. The second kappa shape index (κ2) is 8.81. The number of rotatable bonds is 6. The van der Waals surface area contributed by atoms with Crippen molar-refractivity contribution >= 4 is 5.91 Å². The summed E-state index contributed by atoms with van der Waals surface area (Å²) < 4.78 is 29.9. The molecule has 0 aliphatic heterocycles. The van der Waals surface area contributed by atoms with Crippen LogP contribution in [0.3, 0.4) is 0 Å². The average molecular weight is 441 g/mol. The monoisotopic (exact) mass is 440 g/mol. The third kappa shape index (κ3) is 5.21. The summed E-state index contributed by atoms with van der Waals surface area (Å²) >= 11 is 0. The summed E-state index contributed by atoms with van der Waals surface area (Å²) in [6.45, 7) is 11.2. The Morgan fingerprint density at radius 1 is 1.06 bits per heavy atom. The van der Waals surface area contributed by atoms with E-state index in [1.54, 1.807) is 30.6 Å². The molecular formula is C25H30F2N4O. The van der Waals surface area contributed by atoms with Gasteiger partial charge in [0, 0.05) is 34.7 Å². The minimum absolute atomic E-state index is 0.0218. The number of hydrogen-bond donors (Lipinski definition) is 1. The molecule has 5 nitrogen and oxygen atoms in total. The average Bonchev–Trinajstić information content (AvgIpc) is 3.23. The van der Waals surface area contributed by atoms with Gasteiger partial charge in [-0.15, -0.1) is 10.2 Å². The Kier molecular flexibility index (Phi) is 6.49. The predicted molar refractivity (Wildman–Crippen MR) is 122 cm³/mol. The fraction of sp³-hybridized carbons (Fsp3) is 0.400. The van der Waals surface area contributed by atoms with E-state index in [1.165, 1.54) is 19.1 Å². The van der Waals surface area contributed by atoms with Crippen molar-refractivity contribution < 1.29 is 13.6 Å². The van der Waals surface area contributed by atoms with E-state index in [9.17, 15) is 13.6 Å². The number of halogens is 2. The first-order valence-corrected chi connectivity index (χ1v) is 10.8. The van der Waals surface area contributed by atoms with Gasteiger partial charge >= 0.3 is 0 Å². The van der Waals surface area contributed by atoms with Crippen molar-refractivity contribution in [2.45, 2.75) is 65.3 Å². The van der Waals surface area contributed by atoms with Gasteiger partial charge in [-0.25, -0.2) is 8.78 Å². The molecule has 1 amide bonds. The smallest absolute Gasteiger partial charge is 0.273 e. The van der Waals surface area contributed by atoms with Gasteiger partial charge in [0.05, 0.1) is 0 Å². The molecule has 3 rings (SSSR count). The van der Waals surface area contributed by atoms with Gasteiger partial charge < -0.3 is 5.32 Å². The Balaban J connectivity index is 2.12. The summed E-state index contributed by atoms with van der Waals surface area (Å²) in [5.41, 5.74) is 2.27. The predicted octanol–water partition coefficient (Wildman–Crippen LogP) is 6.09. The number of aromatic nitrogens is 3. The third-order valence-corrected chi connectivity index (χ3v) is 5.12. The van der Waals surface area contributed by atoms with Crippen LogP contribution in [0.15, 0.2) is 48.8 Å². The van der Waals surface area contributed by atoms with Gasteiger partial charge in [-0.05, 0) is 50.1 Å². The lowest BCUT2D eigenvalue weighted by Gasteiger charge is -2.21. The van der Waals surface area contributed by atoms with Gasteiger partial charge in [-0.1, -0.05) is 45.0 Å². The van der Waals surface area contributed by atoms with Crippen LogP contribution < -0.4 is 5.32 Å². The van der Waals surface area contributed by atoms with E-state index in [4.69, 9.17) is 0 Å². The van der Waals surface area contributed by atoms with E-state index in [2.05, 4.69) is 15.5 Å². The number of nitrogens with one attached hydrogen (secondary N) is 1. The minimum Gasteiger partial charge on any atom is -0.347 e. The maximum atomic E-state index is 14.0. The number of nitrogens with zero attached hydrogens (tertiary/aromatic N) is 3. The van der Waals surface area contributed by atoms with E-state index in [0.717, 1.165) is 22.6 Å². The van der Waals surface area contributed by atoms with E-state index in [0.29, 0.717) is 5.56 Å². The molecule has 0 fully saturated rings. The molecule has 1 aromatic heterocycles. The Hall–Kier alpha value is -3.09. The van der Waals surface area contributed by atoms with Gasteiger partial charge in [-0.2, -0.15) is 0 Å². The first kappa shape index (κ1) is 23.6. The molecule has 0 spiro atoms. The molecule has 0 atom stereocenters. The highest BCUT2D eigenvalue weighted by molar-refractivity contribution is 5.96. The standard InChI is InChI=1S/C25H30F2N4O/c1-7-25(26,27)20-10-8-17(9-11-20)18-12-19(23(32)29-24(4,5)6)14-21(13-18)31-15-28-30-22(31)16(2)3/h8-16H,7H2,1-6H3,(H,29,32). The summed E-state index contributed by atoms with van der Waals surface area (Å²) in [4.78, 5) is 13.0. The molecule has 0 bridgehead atoms. The van der Waals surface area contributed by atoms with Crippen molar-refractivity contribution in [2.24, 2.45) is 0 Å². The van der Waals surface area contributed by atoms with Crippen LogP contribution in [0.25, 0.3) is 16.8 Å². The molecule has 0 aliphatic carbocycles. The van der Waals surface area contributed by atoms with Crippen LogP contribution in [0.1, 0.15) is 75.6 Å². The SMILES string of the molecule is CCC(F)(F)c1ccc(-c2cc(C(=O)NC(C)(C)C)cc(-n3cnnc3C(C)C)c2)cc1. The van der Waals surface area contributed by atoms with Crippen LogP contribution in [0.2, 0.25) is 0 Å². The highest BCUT2D eigenvalue weighted by Crippen LogP contribution is 2.33. The summed E-state index contributed by atoms with van der Waals surface area (Å²) in [5, 5.41) is 11.2. The number of benzene rings is 2. The van der Waals surface area contributed by atoms with Crippen LogP contribution in [-0.4, -0.2) is 26.2 Å². The number of carbonyl (C=O) groups excluding carboxylic acids is 1. The van der Waals surface area contributed by atoms with Gasteiger partial charge in [0.25, 0.3) is 11.8 Å². The second-order valence-corrected chi connectivity index (χ2v) is 9.32. The second-order valence-electron chi connectivity index (χ2n) is 9.32. The largest absolute Gasteiger partial charge is 0.347 e. The molecular weight excluding hydrogens is 410 g/mol. The Morgan fingerprint density at radius 2 is 1.72 bits per heavy atom. The number of hydrogen-bond acceptors (Lipinski definition) is 3. The fourth-order valence-corrected chi connectivity index (χ4v) is 3.41. The van der Waals surface area contributed by atoms with Gasteiger partial charge in [0.15, 0.2) is 0 Å². The third-order valence-electron chi connectivity index (χ3n) is 5.12. The first-order valence-electron chi connectivity index (χ1n) is 10.8. The van der Waals surface area contributed by atoms with Crippen molar-refractivity contribution in [1.82, 2.24) is 20.1 Å². The maximum absolute atomic E-state index is 14.0. The molecule has 3 aromatic rings. The van der Waals surface area contributed by atoms with Crippen molar-refractivity contribution in [2.75, 3.05) is 0 Å². The number of amides is 1. The highest BCUT2D eigenvalue weighted by atomic mass is 19.3. The zero-order chi connectivity index (χ0) is 23.7. The highest BCUT2D eigenvalue weighted by Gasteiger charge is 2.28. The Bertz CT molecular complexity index is 1100. The fourth-order valence-electron chi connectivity index (χ4n) is 3.41. The Labute approximate surface area is 187 Å². The summed E-state index contributed by atoms with van der Waals surface area (Å²) in [5.74, 6) is -2.19. The van der Waals surface area contributed by atoms with Crippen molar-refractivity contribution in [3.63, 3.8) is 0 Å². The van der Waals surface area contributed by atoms with E-state index >= 15 is 0 Å². The zero-order valence-corrected chi connectivity index (χ0v) is 19.4. The van der Waals surface area contributed by atoms with Gasteiger partial charge in [0.2, 0.25) is 0 Å². The minimum atomic E-state index is -2.87. The molecule has 1 heterocycles. The van der Waals surface area contributed by atoms with Gasteiger partial charge in [-0.3, -0.25) is 9.36 Å². The molecule has 1 N–H and O–H groups in total. The Morgan fingerprint density at radius 3 is 2.28 bits per heavy atom. The molecule has 2 aromatic carbocycles. The van der Waals surface area contributed by atoms with Crippen LogP contribution in [0.4, 0.5) is 8.78 Å². The molecule has 0 aliphatic rings. The molecule has 7 heteroatoms. The van der Waals surface area contributed by atoms with Crippen molar-refractivity contribution in [1.29, 1.82) is 0 Å². The van der Waals surface area contributed by atoms with Crippen molar-refractivity contribution in [3.05, 3.63) is 65.7 Å². The first-order chi connectivity index (χ1) is 14.9. The summed E-state index contributed by atoms with van der Waals surface area (Å²) in [6.07, 6.45) is 1.36. The molecule has 32 heavy (non-hydrogen) atoms. The molecule has 0 saturated carbocycles. The van der Waals surface area contributed by atoms with Crippen LogP contribution >= 0.6 is 0 Å². The molecule has 0 unspecified atom stereocenters. The zero-order valence-electron chi connectivity index (χ0n) is 19.4. The number of carbonyl (C=O) groups is 1. The lowest BCUT2D eigenvalue weighted by atomic mass is 9.97. The lowest BCUT2D eigenvalue weighted by molar-refractivity contribution is -0.00827. The topological polar surface area (TPSA) is 59.8 Å². The van der Waals surface area contributed by atoms with E-state index in [-0.39, 0.29) is 23.8 Å². The summed E-state index contributed by atoms with van der Waals surface area (Å²) in [7, 11) is 0.